The Bertz CT molecular complexity index is 1430. The molecule has 0 radical (unpaired) electrons. The molecule has 1 atom stereocenters. The van der Waals surface area contributed by atoms with E-state index in [9.17, 15) is 9.59 Å². The van der Waals surface area contributed by atoms with Gasteiger partial charge in [-0.3, -0.25) is 9.59 Å². The summed E-state index contributed by atoms with van der Waals surface area (Å²) in [7, 11) is 4.48. The van der Waals surface area contributed by atoms with Gasteiger partial charge in [-0.2, -0.15) is 0 Å². The van der Waals surface area contributed by atoms with Crippen molar-refractivity contribution in [2.24, 2.45) is 0 Å². The van der Waals surface area contributed by atoms with Gasteiger partial charge >= 0.3 is 5.97 Å². The molecule has 4 rings (SSSR count). The van der Waals surface area contributed by atoms with Crippen molar-refractivity contribution in [1.29, 1.82) is 0 Å². The minimum atomic E-state index is -0.491. The van der Waals surface area contributed by atoms with Gasteiger partial charge in [0, 0.05) is 11.5 Å². The van der Waals surface area contributed by atoms with E-state index in [1.165, 1.54) is 13.4 Å². The van der Waals surface area contributed by atoms with Gasteiger partial charge in [-0.15, -0.1) is 0 Å². The second-order valence-corrected chi connectivity index (χ2v) is 8.83. The third-order valence-corrected chi connectivity index (χ3v) is 6.16. The monoisotopic (exact) mass is 502 g/mol. The molecule has 0 bridgehead atoms. The molecule has 0 amide bonds. The standard InChI is InChI=1S/C30H30O7/c1-18(2)37-22-12-8-19(9-13-22)24(16-27(31)35-5)28-26(34-4)15-14-23-29(32)25(17-36-30(23)28)20-6-10-21(33-3)11-7-20/h6-15,17-18,24H,16H2,1-5H3/t24-/m0/s1. The quantitative estimate of drug-likeness (QED) is 0.261. The fraction of sp³-hybridized carbons (Fsp3) is 0.267. The minimum absolute atomic E-state index is 0.0281. The van der Waals surface area contributed by atoms with Crippen LogP contribution in [-0.2, 0) is 9.53 Å². The molecule has 0 aliphatic rings. The molecule has 7 nitrogen and oxygen atoms in total. The van der Waals surface area contributed by atoms with Crippen LogP contribution in [0.1, 0.15) is 37.3 Å². The second kappa shape index (κ2) is 11.2. The SMILES string of the molecule is COC(=O)C[C@@H](c1ccc(OC(C)C)cc1)c1c(OC)ccc2c(=O)c(-c3ccc(OC)cc3)coc12. The van der Waals surface area contributed by atoms with E-state index in [4.69, 9.17) is 23.4 Å². The summed E-state index contributed by atoms with van der Waals surface area (Å²) >= 11 is 0. The summed E-state index contributed by atoms with van der Waals surface area (Å²) in [6.07, 6.45) is 1.51. The number of benzene rings is 3. The van der Waals surface area contributed by atoms with Crippen LogP contribution in [0.5, 0.6) is 17.2 Å². The Morgan fingerprint density at radius 1 is 0.865 bits per heavy atom. The van der Waals surface area contributed by atoms with Crippen molar-refractivity contribution >= 4 is 16.9 Å². The molecule has 0 aliphatic carbocycles. The number of esters is 1. The number of hydrogen-bond acceptors (Lipinski definition) is 7. The number of ether oxygens (including phenoxy) is 4. The minimum Gasteiger partial charge on any atom is -0.497 e. The molecule has 3 aromatic carbocycles. The van der Waals surface area contributed by atoms with Gasteiger partial charge in [-0.05, 0) is 61.4 Å². The fourth-order valence-corrected chi connectivity index (χ4v) is 4.37. The Morgan fingerprint density at radius 2 is 1.54 bits per heavy atom. The average molecular weight is 503 g/mol. The van der Waals surface area contributed by atoms with E-state index in [0.717, 1.165) is 11.3 Å². The van der Waals surface area contributed by atoms with Crippen LogP contribution in [0.4, 0.5) is 0 Å². The molecular formula is C30H30O7. The number of hydrogen-bond donors (Lipinski definition) is 0. The van der Waals surface area contributed by atoms with Crippen molar-refractivity contribution in [3.63, 3.8) is 0 Å². The molecule has 0 aliphatic heterocycles. The first kappa shape index (κ1) is 25.8. The average Bonchev–Trinajstić information content (AvgIpc) is 2.91. The first-order valence-corrected chi connectivity index (χ1v) is 12.0. The number of rotatable bonds is 9. The van der Waals surface area contributed by atoms with E-state index in [1.54, 1.807) is 38.5 Å². The maximum absolute atomic E-state index is 13.6. The topological polar surface area (TPSA) is 84.2 Å². The molecule has 0 unspecified atom stereocenters. The molecule has 37 heavy (non-hydrogen) atoms. The van der Waals surface area contributed by atoms with Gasteiger partial charge in [0.2, 0.25) is 5.43 Å². The Hall–Kier alpha value is -4.26. The maximum atomic E-state index is 13.6. The van der Waals surface area contributed by atoms with Crippen LogP contribution in [0.3, 0.4) is 0 Å². The van der Waals surface area contributed by atoms with Gasteiger partial charge in [0.1, 0.15) is 29.1 Å². The summed E-state index contributed by atoms with van der Waals surface area (Å²) in [6, 6.07) is 18.1. The van der Waals surface area contributed by atoms with Crippen LogP contribution in [0.2, 0.25) is 0 Å². The number of carbonyl (C=O) groups is 1. The molecule has 1 heterocycles. The summed E-state index contributed by atoms with van der Waals surface area (Å²) < 4.78 is 27.8. The van der Waals surface area contributed by atoms with Crippen LogP contribution < -0.4 is 19.6 Å². The van der Waals surface area contributed by atoms with Crippen molar-refractivity contribution in [2.45, 2.75) is 32.3 Å². The van der Waals surface area contributed by atoms with Crippen LogP contribution >= 0.6 is 0 Å². The lowest BCUT2D eigenvalue weighted by atomic mass is 9.86. The largest absolute Gasteiger partial charge is 0.497 e. The van der Waals surface area contributed by atoms with Crippen LogP contribution in [0.15, 0.2) is 76.1 Å². The van der Waals surface area contributed by atoms with E-state index < -0.39 is 11.9 Å². The van der Waals surface area contributed by atoms with Gasteiger partial charge < -0.3 is 23.4 Å². The molecule has 1 aromatic heterocycles. The maximum Gasteiger partial charge on any atom is 0.306 e. The highest BCUT2D eigenvalue weighted by Crippen LogP contribution is 2.40. The van der Waals surface area contributed by atoms with E-state index in [2.05, 4.69) is 0 Å². The highest BCUT2D eigenvalue weighted by molar-refractivity contribution is 5.87. The molecule has 7 heteroatoms. The second-order valence-electron chi connectivity index (χ2n) is 8.83. The number of fused-ring (bicyclic) bond motifs is 1. The Morgan fingerprint density at radius 3 is 2.14 bits per heavy atom. The molecule has 0 saturated heterocycles. The smallest absolute Gasteiger partial charge is 0.306 e. The molecule has 192 valence electrons. The Labute approximate surface area is 215 Å². The summed E-state index contributed by atoms with van der Waals surface area (Å²) in [5, 5.41) is 0.388. The Balaban J connectivity index is 1.88. The van der Waals surface area contributed by atoms with Crippen LogP contribution in [0.25, 0.3) is 22.1 Å². The highest BCUT2D eigenvalue weighted by atomic mass is 16.5. The highest BCUT2D eigenvalue weighted by Gasteiger charge is 2.27. The van der Waals surface area contributed by atoms with Crippen molar-refractivity contribution in [1.82, 2.24) is 0 Å². The van der Waals surface area contributed by atoms with E-state index >= 15 is 0 Å². The lowest BCUT2D eigenvalue weighted by Gasteiger charge is -2.21. The lowest BCUT2D eigenvalue weighted by molar-refractivity contribution is -0.140. The van der Waals surface area contributed by atoms with Crippen molar-refractivity contribution in [3.8, 4) is 28.4 Å². The first-order valence-electron chi connectivity index (χ1n) is 12.0. The Kier molecular flexibility index (Phi) is 7.82. The zero-order chi connectivity index (χ0) is 26.5. The van der Waals surface area contributed by atoms with Crippen molar-refractivity contribution in [3.05, 3.63) is 88.3 Å². The third kappa shape index (κ3) is 5.45. The summed E-state index contributed by atoms with van der Waals surface area (Å²) in [6.45, 7) is 3.91. The fourth-order valence-electron chi connectivity index (χ4n) is 4.37. The van der Waals surface area contributed by atoms with Gasteiger partial charge in [0.25, 0.3) is 0 Å². The van der Waals surface area contributed by atoms with E-state index in [-0.39, 0.29) is 18.0 Å². The summed E-state index contributed by atoms with van der Waals surface area (Å²) in [5.74, 6) is 1.02. The van der Waals surface area contributed by atoms with Gasteiger partial charge in [0.05, 0.1) is 44.8 Å². The van der Waals surface area contributed by atoms with Gasteiger partial charge in [-0.1, -0.05) is 24.3 Å². The molecule has 0 N–H and O–H groups in total. The first-order chi connectivity index (χ1) is 17.9. The predicted octanol–water partition coefficient (Wildman–Crippen LogP) is 5.96. The predicted molar refractivity (Wildman–Crippen MR) is 142 cm³/mol. The van der Waals surface area contributed by atoms with Gasteiger partial charge in [0.15, 0.2) is 0 Å². The summed E-state index contributed by atoms with van der Waals surface area (Å²) in [5.41, 5.74) is 2.73. The van der Waals surface area contributed by atoms with E-state index in [1.807, 2.05) is 50.2 Å². The van der Waals surface area contributed by atoms with Crippen molar-refractivity contribution in [2.75, 3.05) is 21.3 Å². The number of carbonyl (C=O) groups excluding carboxylic acids is 1. The lowest BCUT2D eigenvalue weighted by Crippen LogP contribution is -2.13. The van der Waals surface area contributed by atoms with E-state index in [0.29, 0.717) is 39.2 Å². The van der Waals surface area contributed by atoms with Crippen LogP contribution in [0, 0.1) is 0 Å². The molecule has 0 fully saturated rings. The number of methoxy groups -OCH3 is 3. The normalized spacial score (nSPS) is 11.8. The summed E-state index contributed by atoms with van der Waals surface area (Å²) in [4.78, 5) is 26.1. The zero-order valence-electron chi connectivity index (χ0n) is 21.6. The molecular weight excluding hydrogens is 472 g/mol. The molecule has 0 saturated carbocycles. The van der Waals surface area contributed by atoms with Crippen LogP contribution in [-0.4, -0.2) is 33.4 Å². The molecule has 0 spiro atoms. The van der Waals surface area contributed by atoms with Gasteiger partial charge in [-0.25, -0.2) is 0 Å². The molecule has 4 aromatic rings. The van der Waals surface area contributed by atoms with Crippen molar-refractivity contribution < 1.29 is 28.2 Å². The zero-order valence-corrected chi connectivity index (χ0v) is 21.6. The third-order valence-electron chi connectivity index (χ3n) is 6.16.